The highest BCUT2D eigenvalue weighted by atomic mass is 32.1. The quantitative estimate of drug-likeness (QED) is 0.578. The van der Waals surface area contributed by atoms with Crippen LogP contribution in [-0.4, -0.2) is 22.9 Å². The number of fused-ring (bicyclic) bond motifs is 6. The van der Waals surface area contributed by atoms with E-state index in [2.05, 4.69) is 29.0 Å². The highest BCUT2D eigenvalue weighted by Crippen LogP contribution is 2.60. The number of carbonyl (C=O) groups excluding carboxylic acids is 1. The van der Waals surface area contributed by atoms with Crippen molar-refractivity contribution in [3.63, 3.8) is 0 Å². The van der Waals surface area contributed by atoms with Gasteiger partial charge >= 0.3 is 0 Å². The summed E-state index contributed by atoms with van der Waals surface area (Å²) in [4.78, 5) is 15.7. The molecule has 2 aromatic rings. The van der Waals surface area contributed by atoms with Crippen molar-refractivity contribution < 1.29 is 4.79 Å². The van der Waals surface area contributed by atoms with E-state index in [0.717, 1.165) is 11.3 Å². The Morgan fingerprint density at radius 2 is 2.26 bits per heavy atom. The number of hydrogen-bond acceptors (Lipinski definition) is 3. The number of nitrogens with zero attached hydrogens (tertiary/aromatic N) is 1. The fourth-order valence-electron chi connectivity index (χ4n) is 4.18. The van der Waals surface area contributed by atoms with Crippen LogP contribution in [0, 0.1) is 11.8 Å². The minimum Gasteiger partial charge on any atom is -0.327 e. The molecule has 2 saturated carbocycles. The summed E-state index contributed by atoms with van der Waals surface area (Å²) in [5.41, 5.74) is 1.38. The molecule has 1 saturated heterocycles. The molecule has 4 heteroatoms. The third kappa shape index (κ3) is 1.24. The molecule has 2 aromatic heterocycles. The molecular weight excluding hydrogens is 274 g/mol. The smallest absolute Gasteiger partial charge is 0.264 e. The van der Waals surface area contributed by atoms with Gasteiger partial charge in [-0.05, 0) is 36.3 Å². The summed E-state index contributed by atoms with van der Waals surface area (Å²) < 4.78 is 2.49. The molecule has 3 heterocycles. The van der Waals surface area contributed by atoms with Gasteiger partial charge in [0, 0.05) is 15.3 Å². The maximum atomic E-state index is 12.6. The van der Waals surface area contributed by atoms with Crippen LogP contribution >= 0.6 is 22.7 Å². The first-order chi connectivity index (χ1) is 9.24. The number of piperidine rings is 1. The third-order valence-electron chi connectivity index (χ3n) is 4.99. The summed E-state index contributed by atoms with van der Waals surface area (Å²) in [6.07, 6.45) is 2.42. The van der Waals surface area contributed by atoms with Crippen molar-refractivity contribution in [2.45, 2.75) is 24.9 Å². The van der Waals surface area contributed by atoms with E-state index in [1.165, 1.54) is 21.4 Å². The van der Waals surface area contributed by atoms with Crippen LogP contribution in [0.4, 0.5) is 0 Å². The van der Waals surface area contributed by atoms with Crippen molar-refractivity contribution in [2.75, 3.05) is 0 Å². The van der Waals surface area contributed by atoms with Gasteiger partial charge < -0.3 is 4.90 Å². The van der Waals surface area contributed by atoms with Crippen LogP contribution in [0.3, 0.4) is 0 Å². The Kier molecular flexibility index (Phi) is 1.85. The number of likely N-dealkylation sites (tertiary alicyclic amines) is 1. The zero-order valence-corrected chi connectivity index (χ0v) is 12.0. The molecular formula is C15H13NOS2. The summed E-state index contributed by atoms with van der Waals surface area (Å²) in [5.74, 6) is 1.56. The van der Waals surface area contributed by atoms with Crippen molar-refractivity contribution in [3.05, 3.63) is 34.5 Å². The van der Waals surface area contributed by atoms with Crippen molar-refractivity contribution in [1.29, 1.82) is 0 Å². The third-order valence-corrected chi connectivity index (χ3v) is 7.07. The highest BCUT2D eigenvalue weighted by Gasteiger charge is 2.66. The Labute approximate surface area is 119 Å². The normalized spacial score (nSPS) is 35.2. The molecule has 96 valence electrons. The predicted molar refractivity (Wildman–Crippen MR) is 78.8 cm³/mol. The first-order valence-electron chi connectivity index (χ1n) is 6.71. The van der Waals surface area contributed by atoms with Gasteiger partial charge in [-0.3, -0.25) is 4.79 Å². The summed E-state index contributed by atoms with van der Waals surface area (Å²) in [6.45, 7) is 4.17. The van der Waals surface area contributed by atoms with Crippen LogP contribution in [0.15, 0.2) is 29.7 Å². The molecule has 5 rings (SSSR count). The molecule has 19 heavy (non-hydrogen) atoms. The Bertz CT molecular complexity index is 699. The van der Waals surface area contributed by atoms with Gasteiger partial charge in [-0.1, -0.05) is 12.2 Å². The monoisotopic (exact) mass is 287 g/mol. The standard InChI is InChI=1S/C15H13NOS2/c1-7-4-8-5-9(7)14-13(8)16(14)15(17)12-6-11-10(19-12)2-3-18-11/h2-3,6,8-9,13-14H,1,4-5H2. The Morgan fingerprint density at radius 3 is 3.05 bits per heavy atom. The maximum absolute atomic E-state index is 12.6. The molecule has 1 aliphatic heterocycles. The second kappa shape index (κ2) is 3.30. The summed E-state index contributed by atoms with van der Waals surface area (Å²) in [5, 5.41) is 2.09. The molecule has 0 aromatic carbocycles. The molecule has 0 spiro atoms. The first-order valence-corrected chi connectivity index (χ1v) is 8.41. The van der Waals surface area contributed by atoms with E-state index in [9.17, 15) is 4.79 Å². The van der Waals surface area contributed by atoms with Gasteiger partial charge in [-0.15, -0.1) is 22.7 Å². The molecule has 3 aliphatic rings. The van der Waals surface area contributed by atoms with E-state index in [1.807, 2.05) is 0 Å². The van der Waals surface area contributed by atoms with Crippen LogP contribution in [0.2, 0.25) is 0 Å². The summed E-state index contributed by atoms with van der Waals surface area (Å²) >= 11 is 3.36. The van der Waals surface area contributed by atoms with Crippen molar-refractivity contribution in [2.24, 2.45) is 11.8 Å². The average molecular weight is 287 g/mol. The molecule has 2 aliphatic carbocycles. The Morgan fingerprint density at radius 1 is 1.37 bits per heavy atom. The number of carbonyl (C=O) groups is 1. The lowest BCUT2D eigenvalue weighted by molar-refractivity contribution is 0.0848. The van der Waals surface area contributed by atoms with Gasteiger partial charge in [0.15, 0.2) is 0 Å². The SMILES string of the molecule is C=C1CC2CC1C1C2N1C(=O)c1cc2sccc2s1. The molecule has 4 unspecified atom stereocenters. The van der Waals surface area contributed by atoms with E-state index in [4.69, 9.17) is 0 Å². The number of rotatable bonds is 1. The molecule has 2 nitrogen and oxygen atoms in total. The van der Waals surface area contributed by atoms with Gasteiger partial charge in [0.1, 0.15) is 0 Å². The molecule has 3 fully saturated rings. The van der Waals surface area contributed by atoms with E-state index in [1.54, 1.807) is 22.7 Å². The lowest BCUT2D eigenvalue weighted by Crippen LogP contribution is -2.19. The minimum atomic E-state index is 0.257. The van der Waals surface area contributed by atoms with Crippen LogP contribution in [0.1, 0.15) is 22.5 Å². The van der Waals surface area contributed by atoms with Crippen molar-refractivity contribution in [1.82, 2.24) is 4.90 Å². The lowest BCUT2D eigenvalue weighted by atomic mass is 9.96. The zero-order valence-electron chi connectivity index (χ0n) is 10.3. The van der Waals surface area contributed by atoms with Gasteiger partial charge in [0.25, 0.3) is 5.91 Å². The average Bonchev–Trinajstić information content (AvgIpc) is 2.80. The van der Waals surface area contributed by atoms with Crippen molar-refractivity contribution >= 4 is 38.0 Å². The fourth-order valence-corrected chi connectivity index (χ4v) is 6.23. The van der Waals surface area contributed by atoms with Crippen LogP contribution < -0.4 is 0 Å². The van der Waals surface area contributed by atoms with Gasteiger partial charge in [0.2, 0.25) is 0 Å². The number of hydrogen-bond donors (Lipinski definition) is 0. The molecule has 0 N–H and O–H groups in total. The second-order valence-corrected chi connectivity index (χ2v) is 7.95. The number of thiophene rings is 2. The van der Waals surface area contributed by atoms with Crippen LogP contribution in [0.5, 0.6) is 0 Å². The molecule has 0 radical (unpaired) electrons. The van der Waals surface area contributed by atoms with E-state index in [0.29, 0.717) is 23.9 Å². The van der Waals surface area contributed by atoms with Crippen LogP contribution in [0.25, 0.3) is 9.40 Å². The van der Waals surface area contributed by atoms with E-state index < -0.39 is 0 Å². The van der Waals surface area contributed by atoms with Gasteiger partial charge in [-0.2, -0.15) is 0 Å². The predicted octanol–water partition coefficient (Wildman–Crippen LogP) is 3.75. The Hall–Kier alpha value is -1.13. The summed E-state index contributed by atoms with van der Waals surface area (Å²) in [6, 6.07) is 5.19. The largest absolute Gasteiger partial charge is 0.327 e. The molecule has 1 amide bonds. The van der Waals surface area contributed by atoms with Crippen LogP contribution in [-0.2, 0) is 0 Å². The maximum Gasteiger partial charge on any atom is 0.264 e. The summed E-state index contributed by atoms with van der Waals surface area (Å²) in [7, 11) is 0. The highest BCUT2D eigenvalue weighted by molar-refractivity contribution is 7.27. The van der Waals surface area contributed by atoms with E-state index in [-0.39, 0.29) is 5.91 Å². The molecule has 4 atom stereocenters. The number of amides is 1. The van der Waals surface area contributed by atoms with Gasteiger partial charge in [0.05, 0.1) is 17.0 Å². The zero-order chi connectivity index (χ0) is 12.7. The van der Waals surface area contributed by atoms with Gasteiger partial charge in [-0.25, -0.2) is 0 Å². The first kappa shape index (κ1) is 10.6. The topological polar surface area (TPSA) is 20.1 Å². The minimum absolute atomic E-state index is 0.257. The fraction of sp³-hybridized carbons (Fsp3) is 0.400. The second-order valence-electron chi connectivity index (χ2n) is 5.92. The van der Waals surface area contributed by atoms with Crippen molar-refractivity contribution in [3.8, 4) is 0 Å². The molecule has 2 bridgehead atoms. The van der Waals surface area contributed by atoms with E-state index >= 15 is 0 Å². The lowest BCUT2D eigenvalue weighted by Gasteiger charge is -2.10. The Balaban J connectivity index is 1.48.